The Labute approximate surface area is 539 Å². The number of pyridine rings is 1. The number of carbonyl (C=O) groups is 11. The molecule has 0 unspecified atom stereocenters. The quantitative estimate of drug-likeness (QED) is 0.0140. The largest absolute Gasteiger partial charge is 0.508 e. The minimum absolute atomic E-state index is 0.0193. The van der Waals surface area contributed by atoms with E-state index >= 15 is 0 Å². The highest BCUT2D eigenvalue weighted by Gasteiger charge is 2.38. The molecule has 11 amide bonds. The molecule has 0 saturated heterocycles. The van der Waals surface area contributed by atoms with Crippen LogP contribution >= 0.6 is 11.6 Å². The van der Waals surface area contributed by atoms with E-state index in [1.165, 1.54) is 41.1 Å². The molecule has 0 spiro atoms. The highest BCUT2D eigenvalue weighted by atomic mass is 35.5. The summed E-state index contributed by atoms with van der Waals surface area (Å²) in [6.45, 7) is 4.97. The average Bonchev–Trinajstić information content (AvgIpc) is 1.63. The lowest BCUT2D eigenvalue weighted by atomic mass is 9.89. The van der Waals surface area contributed by atoms with Crippen LogP contribution in [0.3, 0.4) is 0 Å². The van der Waals surface area contributed by atoms with E-state index in [2.05, 4.69) is 26.3 Å². The lowest BCUT2D eigenvalue weighted by Gasteiger charge is -2.26. The number of carbonyl (C=O) groups excluding carboxylic acids is 11. The van der Waals surface area contributed by atoms with E-state index < -0.39 is 83.4 Å². The van der Waals surface area contributed by atoms with E-state index in [0.29, 0.717) is 52.1 Å². The zero-order valence-corrected chi connectivity index (χ0v) is 52.4. The summed E-state index contributed by atoms with van der Waals surface area (Å²) in [6.07, 6.45) is 3.80. The van der Waals surface area contributed by atoms with Gasteiger partial charge in [-0.15, -0.1) is 11.6 Å². The molecule has 93 heavy (non-hydrogen) atoms. The Morgan fingerprint density at radius 3 is 2.24 bits per heavy atom. The van der Waals surface area contributed by atoms with Gasteiger partial charge in [0.05, 0.1) is 24.0 Å². The van der Waals surface area contributed by atoms with Crippen molar-refractivity contribution in [3.63, 3.8) is 0 Å². The minimum atomic E-state index is -1.07. The maximum Gasteiger partial charge on any atom is 0.415 e. The molecule has 3 atom stereocenters. The maximum atomic E-state index is 14.6. The number of alkyl halides is 1. The fourth-order valence-corrected chi connectivity index (χ4v) is 11.0. The lowest BCUT2D eigenvalue weighted by Crippen LogP contribution is -2.46. The molecule has 4 aromatic carbocycles. The van der Waals surface area contributed by atoms with Gasteiger partial charge in [0.2, 0.25) is 11.8 Å². The fourth-order valence-electron chi connectivity index (χ4n) is 10.7. The molecule has 0 aliphatic carbocycles. The van der Waals surface area contributed by atoms with E-state index in [1.54, 1.807) is 78.0 Å². The molecule has 0 fully saturated rings. The smallest absolute Gasteiger partial charge is 0.415 e. The SMILES string of the molecule is Cc1cccc2c(OC(=O)N(CCCCC(N)=O)CCN(C)C(=O)OCc3ccc(NC(=O)[C@H](CCCNC(N)=O)CC(=O)[C@@H](NC(=O)OCCN4C(=O)C=CC4=O)C(C)C)cc3)cc3c(c12)[C@H](CCl)CN3C(=O)c1cn2cc(NC(=O)c3ccc(O)cc3)ccc2n1. The number of Topliss-reactive ketones (excluding diaryl/α,β-unsaturated/α-hetero) is 1. The van der Waals surface area contributed by atoms with Gasteiger partial charge in [0.1, 0.15) is 36.1 Å². The molecule has 9 N–H and O–H groups in total. The number of nitrogens with one attached hydrogen (secondary N) is 4. The molecule has 28 heteroatoms. The number of benzene rings is 4. The number of ketones is 1. The zero-order valence-electron chi connectivity index (χ0n) is 51.7. The van der Waals surface area contributed by atoms with Crippen LogP contribution in [-0.4, -0.2) is 160 Å². The summed E-state index contributed by atoms with van der Waals surface area (Å²) in [5, 5.41) is 21.6. The number of urea groups is 1. The van der Waals surface area contributed by atoms with Crippen LogP contribution in [-0.2, 0) is 40.1 Å². The number of alkyl carbamates (subject to hydrolysis) is 1. The summed E-state index contributed by atoms with van der Waals surface area (Å²) >= 11 is 6.65. The number of halogens is 1. The van der Waals surface area contributed by atoms with Gasteiger partial charge in [-0.25, -0.2) is 24.2 Å². The standard InChI is InChI=1S/C65H73ClN12O15/c1-38(2)58(73-63(88)91-30-29-77-54(82)23-24-55(77)83)50(80)31-42(10-8-25-69-62(68)87)60(85)70-44-17-13-40(14-18-44)37-92-64(89)74(4)27-28-75(26-6-5-12-52(67)81)65(90)93-51-32-49-57(56-39(3)9-7-11-47(51)56)43(33-66)34-78(49)61(86)48-36-76-35-45(19-22-53(76)72-48)71-59(84)41-15-20-46(79)21-16-41/h7,9,11,13-24,32,35-36,38,42-43,58,79H,5-6,8,10,12,25-31,33-34,37H2,1-4H3,(H2,67,81)(H,70,85)(H,71,84)(H,73,88)(H3,68,69,87)/t42-,43-,58+/m1/s1. The number of anilines is 3. The lowest BCUT2D eigenvalue weighted by molar-refractivity contribution is -0.137. The van der Waals surface area contributed by atoms with Crippen molar-refractivity contribution in [3.05, 3.63) is 137 Å². The van der Waals surface area contributed by atoms with E-state index in [-0.39, 0.29) is 107 Å². The number of ether oxygens (including phenoxy) is 3. The first-order chi connectivity index (χ1) is 44.5. The predicted molar refractivity (Wildman–Crippen MR) is 343 cm³/mol. The first kappa shape index (κ1) is 68.3. The number of rotatable bonds is 29. The second-order valence-corrected chi connectivity index (χ2v) is 23.1. The number of hydrogen-bond acceptors (Lipinski definition) is 16. The number of hydrogen-bond donors (Lipinski definition) is 7. The minimum Gasteiger partial charge on any atom is -0.508 e. The van der Waals surface area contributed by atoms with Crippen LogP contribution in [0.5, 0.6) is 11.5 Å². The molecule has 2 aromatic heterocycles. The first-order valence-electron chi connectivity index (χ1n) is 30.1. The topological polar surface area (TPSA) is 366 Å². The summed E-state index contributed by atoms with van der Waals surface area (Å²) in [5.74, 6) is -4.83. The Bertz CT molecular complexity index is 3840. The molecule has 490 valence electrons. The van der Waals surface area contributed by atoms with Gasteiger partial charge in [-0.2, -0.15) is 0 Å². The average molecular weight is 1300 g/mol. The van der Waals surface area contributed by atoms with Crippen molar-refractivity contribution in [1.82, 2.24) is 34.7 Å². The number of phenolic OH excluding ortho intramolecular Hbond substituents is 1. The van der Waals surface area contributed by atoms with Gasteiger partial charge in [-0.1, -0.05) is 44.2 Å². The highest BCUT2D eigenvalue weighted by molar-refractivity contribution is 6.19. The monoisotopic (exact) mass is 1300 g/mol. The van der Waals surface area contributed by atoms with Crippen LogP contribution in [0.1, 0.15) is 95.8 Å². The Balaban J connectivity index is 0.895. The number of nitrogens with zero attached hydrogens (tertiary/aromatic N) is 6. The van der Waals surface area contributed by atoms with Crippen molar-refractivity contribution in [2.45, 2.75) is 77.9 Å². The Hall–Kier alpha value is -10.6. The third-order valence-corrected chi connectivity index (χ3v) is 16.1. The Morgan fingerprint density at radius 1 is 0.828 bits per heavy atom. The van der Waals surface area contributed by atoms with Crippen LogP contribution in [0.15, 0.2) is 109 Å². The number of aryl methyl sites for hydroxylation is 1. The summed E-state index contributed by atoms with van der Waals surface area (Å²) in [6, 6.07) is 20.8. The van der Waals surface area contributed by atoms with Crippen LogP contribution in [0, 0.1) is 18.8 Å². The second-order valence-electron chi connectivity index (χ2n) is 22.8. The summed E-state index contributed by atoms with van der Waals surface area (Å²) < 4.78 is 18.7. The maximum absolute atomic E-state index is 14.6. The van der Waals surface area contributed by atoms with Gasteiger partial charge in [-0.05, 0) is 109 Å². The molecule has 0 bridgehead atoms. The number of unbranched alkanes of at least 4 members (excludes halogenated alkanes) is 1. The molecule has 0 saturated carbocycles. The van der Waals surface area contributed by atoms with E-state index in [9.17, 15) is 57.8 Å². The number of likely N-dealkylation sites (N-methyl/N-ethyl adjacent to an activating group) is 1. The Morgan fingerprint density at radius 2 is 1.55 bits per heavy atom. The van der Waals surface area contributed by atoms with Gasteiger partial charge >= 0.3 is 24.3 Å². The van der Waals surface area contributed by atoms with Crippen molar-refractivity contribution < 1.29 is 72.1 Å². The van der Waals surface area contributed by atoms with Crippen molar-refractivity contribution >= 4 is 111 Å². The molecular weight excluding hydrogens is 1220 g/mol. The number of amides is 11. The van der Waals surface area contributed by atoms with E-state index in [1.807, 2.05) is 25.1 Å². The molecule has 2 aliphatic rings. The number of fused-ring (bicyclic) bond motifs is 4. The van der Waals surface area contributed by atoms with Gasteiger partial charge < -0.3 is 71.2 Å². The van der Waals surface area contributed by atoms with E-state index in [4.69, 9.17) is 37.3 Å². The van der Waals surface area contributed by atoms with Crippen molar-refractivity contribution in [1.29, 1.82) is 0 Å². The summed E-state index contributed by atoms with van der Waals surface area (Å²) in [4.78, 5) is 152. The zero-order chi connectivity index (χ0) is 67.0. The number of aromatic hydroxyl groups is 1. The Kier molecular flexibility index (Phi) is 23.1. The summed E-state index contributed by atoms with van der Waals surface area (Å²) in [7, 11) is 1.49. The van der Waals surface area contributed by atoms with Gasteiger partial charge in [0, 0.05) is 118 Å². The molecule has 27 nitrogen and oxygen atoms in total. The number of aromatic nitrogens is 2. The van der Waals surface area contributed by atoms with E-state index in [0.717, 1.165) is 33.6 Å². The number of imide groups is 1. The number of nitrogens with two attached hydrogens (primary N) is 2. The third-order valence-electron chi connectivity index (χ3n) is 15.7. The van der Waals surface area contributed by atoms with Crippen molar-refractivity contribution in [3.8, 4) is 11.5 Å². The molecular formula is C65H73ClN12O15. The first-order valence-corrected chi connectivity index (χ1v) is 30.6. The van der Waals surface area contributed by atoms with Crippen molar-refractivity contribution in [2.24, 2.45) is 23.3 Å². The van der Waals surface area contributed by atoms with Gasteiger partial charge in [0.25, 0.3) is 23.6 Å². The molecule has 4 heterocycles. The third kappa shape index (κ3) is 17.9. The molecule has 0 radical (unpaired) electrons. The number of primary amides is 2. The van der Waals surface area contributed by atoms with Crippen LogP contribution in [0.2, 0.25) is 0 Å². The van der Waals surface area contributed by atoms with Gasteiger partial charge in [-0.3, -0.25) is 38.5 Å². The molecule has 8 rings (SSSR count). The van der Waals surface area contributed by atoms with Crippen LogP contribution in [0.25, 0.3) is 16.4 Å². The van der Waals surface area contributed by atoms with Crippen LogP contribution in [0.4, 0.5) is 36.2 Å². The fraction of sp³-hybridized carbons (Fsp3) is 0.354. The number of imidazole rings is 1. The number of phenols is 1. The highest BCUT2D eigenvalue weighted by Crippen LogP contribution is 2.47. The predicted octanol–water partition coefficient (Wildman–Crippen LogP) is 7.10. The summed E-state index contributed by atoms with van der Waals surface area (Å²) in [5.41, 5.74) is 14.9. The van der Waals surface area contributed by atoms with Gasteiger partial charge in [0.15, 0.2) is 5.78 Å². The molecule has 2 aliphatic heterocycles. The second kappa shape index (κ2) is 31.4. The van der Waals surface area contributed by atoms with Crippen molar-refractivity contribution in [2.75, 3.05) is 74.3 Å². The molecule has 6 aromatic rings. The normalized spacial score (nSPS) is 13.9. The van der Waals surface area contributed by atoms with Crippen LogP contribution < -0.4 is 42.4 Å².